The van der Waals surface area contributed by atoms with Gasteiger partial charge in [0.25, 0.3) is 0 Å². The third-order valence-corrected chi connectivity index (χ3v) is 4.83. The molecule has 2 aliphatic rings. The molecule has 0 spiro atoms. The van der Waals surface area contributed by atoms with Gasteiger partial charge in [-0.1, -0.05) is 25.7 Å². The van der Waals surface area contributed by atoms with E-state index in [1.807, 2.05) is 0 Å². The first-order chi connectivity index (χ1) is 8.65. The molecule has 0 amide bonds. The van der Waals surface area contributed by atoms with Gasteiger partial charge in [-0.25, -0.2) is 0 Å². The van der Waals surface area contributed by atoms with Crippen LogP contribution >= 0.6 is 0 Å². The van der Waals surface area contributed by atoms with Crippen LogP contribution in [-0.4, -0.2) is 41.8 Å². The summed E-state index contributed by atoms with van der Waals surface area (Å²) in [7, 11) is 0. The van der Waals surface area contributed by atoms with Crippen molar-refractivity contribution in [2.24, 2.45) is 17.6 Å². The van der Waals surface area contributed by atoms with Gasteiger partial charge in [-0.2, -0.15) is 0 Å². The normalized spacial score (nSPS) is 30.5. The molecule has 0 aromatic carbocycles. The maximum absolute atomic E-state index is 10.2. The largest absolute Gasteiger partial charge is 0.392 e. The van der Waals surface area contributed by atoms with Crippen molar-refractivity contribution < 1.29 is 5.11 Å². The molecule has 3 atom stereocenters. The molecule has 2 fully saturated rings. The highest BCUT2D eigenvalue weighted by Gasteiger charge is 2.25. The third kappa shape index (κ3) is 4.22. The average molecular weight is 254 g/mol. The van der Waals surface area contributed by atoms with Crippen LogP contribution in [0.25, 0.3) is 0 Å². The van der Waals surface area contributed by atoms with Gasteiger partial charge < -0.3 is 15.7 Å². The van der Waals surface area contributed by atoms with E-state index < -0.39 is 0 Å². The van der Waals surface area contributed by atoms with Gasteiger partial charge in [-0.05, 0) is 44.6 Å². The number of hydrogen-bond acceptors (Lipinski definition) is 3. The van der Waals surface area contributed by atoms with Crippen molar-refractivity contribution in [3.8, 4) is 0 Å². The topological polar surface area (TPSA) is 49.5 Å². The van der Waals surface area contributed by atoms with Crippen LogP contribution in [0.15, 0.2) is 0 Å². The molecule has 3 N–H and O–H groups in total. The fourth-order valence-corrected chi connectivity index (χ4v) is 3.69. The fourth-order valence-electron chi connectivity index (χ4n) is 3.69. The highest BCUT2D eigenvalue weighted by Crippen LogP contribution is 2.29. The molecule has 3 heteroatoms. The van der Waals surface area contributed by atoms with Gasteiger partial charge >= 0.3 is 0 Å². The lowest BCUT2D eigenvalue weighted by Gasteiger charge is -2.35. The van der Waals surface area contributed by atoms with Gasteiger partial charge in [0.2, 0.25) is 0 Å². The minimum atomic E-state index is -0.125. The van der Waals surface area contributed by atoms with E-state index in [0.29, 0.717) is 12.0 Å². The monoisotopic (exact) mass is 254 g/mol. The van der Waals surface area contributed by atoms with E-state index >= 15 is 0 Å². The zero-order chi connectivity index (χ0) is 13.0. The molecule has 1 aliphatic heterocycles. The van der Waals surface area contributed by atoms with E-state index in [0.717, 1.165) is 32.0 Å². The van der Waals surface area contributed by atoms with Gasteiger partial charge in [-0.3, -0.25) is 0 Å². The summed E-state index contributed by atoms with van der Waals surface area (Å²) in [5.74, 6) is 1.41. The maximum Gasteiger partial charge on any atom is 0.0669 e. The minimum absolute atomic E-state index is 0.125. The summed E-state index contributed by atoms with van der Waals surface area (Å²) in [5.41, 5.74) is 6.00. The molecule has 0 bridgehead atoms. The van der Waals surface area contributed by atoms with Crippen molar-refractivity contribution in [3.63, 3.8) is 0 Å². The average Bonchev–Trinajstić information content (AvgIpc) is 2.82. The highest BCUT2D eigenvalue weighted by molar-refractivity contribution is 4.80. The SMILES string of the molecule is CC(N)C1CCCN(CC(O)CC2CCCC2)C1. The zero-order valence-electron chi connectivity index (χ0n) is 11.9. The molecule has 0 aromatic heterocycles. The lowest BCUT2D eigenvalue weighted by Crippen LogP contribution is -2.45. The van der Waals surface area contributed by atoms with E-state index in [2.05, 4.69) is 11.8 Å². The van der Waals surface area contributed by atoms with Crippen LogP contribution in [0.1, 0.15) is 51.9 Å². The van der Waals surface area contributed by atoms with Crippen LogP contribution in [0.5, 0.6) is 0 Å². The summed E-state index contributed by atoms with van der Waals surface area (Å²) in [6.45, 7) is 5.20. The first-order valence-corrected chi connectivity index (χ1v) is 7.81. The third-order valence-electron chi connectivity index (χ3n) is 4.83. The van der Waals surface area contributed by atoms with Crippen molar-refractivity contribution >= 4 is 0 Å². The maximum atomic E-state index is 10.2. The number of likely N-dealkylation sites (tertiary alicyclic amines) is 1. The Morgan fingerprint density at radius 1 is 1.22 bits per heavy atom. The van der Waals surface area contributed by atoms with E-state index in [-0.39, 0.29) is 6.10 Å². The summed E-state index contributed by atoms with van der Waals surface area (Å²) in [6.07, 6.45) is 8.79. The van der Waals surface area contributed by atoms with Crippen molar-refractivity contribution in [2.45, 2.75) is 64.0 Å². The molecule has 18 heavy (non-hydrogen) atoms. The number of aliphatic hydroxyl groups is 1. The lowest BCUT2D eigenvalue weighted by molar-refractivity contribution is 0.0658. The Morgan fingerprint density at radius 3 is 2.61 bits per heavy atom. The molecular formula is C15H30N2O. The molecule has 3 unspecified atom stereocenters. The summed E-state index contributed by atoms with van der Waals surface area (Å²) >= 11 is 0. The predicted octanol–water partition coefficient (Wildman–Crippen LogP) is 1.99. The molecule has 3 nitrogen and oxygen atoms in total. The second-order valence-electron chi connectivity index (χ2n) is 6.56. The van der Waals surface area contributed by atoms with Gasteiger partial charge in [0.15, 0.2) is 0 Å². The van der Waals surface area contributed by atoms with Crippen molar-refractivity contribution in [3.05, 3.63) is 0 Å². The molecule has 0 radical (unpaired) electrons. The lowest BCUT2D eigenvalue weighted by atomic mass is 9.91. The summed E-state index contributed by atoms with van der Waals surface area (Å²) in [4.78, 5) is 2.43. The summed E-state index contributed by atoms with van der Waals surface area (Å²) in [5, 5.41) is 10.2. The molecule has 1 aliphatic carbocycles. The Bertz CT molecular complexity index is 239. The number of β-amino-alcohol motifs (C(OH)–C–C–N with tert-alkyl or cyclic N) is 1. The molecule has 2 rings (SSSR count). The second-order valence-corrected chi connectivity index (χ2v) is 6.56. The number of aliphatic hydroxyl groups excluding tert-OH is 1. The zero-order valence-corrected chi connectivity index (χ0v) is 11.9. The molecule has 1 saturated carbocycles. The second kappa shape index (κ2) is 6.88. The van der Waals surface area contributed by atoms with Crippen LogP contribution in [0, 0.1) is 11.8 Å². The Balaban J connectivity index is 1.70. The summed E-state index contributed by atoms with van der Waals surface area (Å²) < 4.78 is 0. The van der Waals surface area contributed by atoms with Crippen LogP contribution in [0.3, 0.4) is 0 Å². The van der Waals surface area contributed by atoms with Crippen molar-refractivity contribution in [1.82, 2.24) is 4.90 Å². The minimum Gasteiger partial charge on any atom is -0.392 e. The van der Waals surface area contributed by atoms with Crippen LogP contribution in [-0.2, 0) is 0 Å². The van der Waals surface area contributed by atoms with Gasteiger partial charge in [0.1, 0.15) is 0 Å². The number of piperidine rings is 1. The van der Waals surface area contributed by atoms with Crippen molar-refractivity contribution in [2.75, 3.05) is 19.6 Å². The van der Waals surface area contributed by atoms with E-state index in [1.54, 1.807) is 0 Å². The fraction of sp³-hybridized carbons (Fsp3) is 1.00. The van der Waals surface area contributed by atoms with Crippen molar-refractivity contribution in [1.29, 1.82) is 0 Å². The number of rotatable bonds is 5. The Morgan fingerprint density at radius 2 is 1.94 bits per heavy atom. The Kier molecular flexibility index (Phi) is 5.46. The molecular weight excluding hydrogens is 224 g/mol. The van der Waals surface area contributed by atoms with Gasteiger partial charge in [0, 0.05) is 19.1 Å². The number of nitrogens with zero attached hydrogens (tertiary/aromatic N) is 1. The first-order valence-electron chi connectivity index (χ1n) is 7.81. The quantitative estimate of drug-likeness (QED) is 0.789. The predicted molar refractivity (Wildman–Crippen MR) is 75.4 cm³/mol. The molecule has 1 heterocycles. The molecule has 1 saturated heterocycles. The van der Waals surface area contributed by atoms with Gasteiger partial charge in [0.05, 0.1) is 6.10 Å². The van der Waals surface area contributed by atoms with Crippen LogP contribution in [0.4, 0.5) is 0 Å². The summed E-state index contributed by atoms with van der Waals surface area (Å²) in [6, 6.07) is 0.291. The van der Waals surface area contributed by atoms with E-state index in [4.69, 9.17) is 5.73 Å². The number of nitrogens with two attached hydrogens (primary N) is 1. The molecule has 0 aromatic rings. The smallest absolute Gasteiger partial charge is 0.0669 e. The Labute approximate surface area is 112 Å². The molecule has 106 valence electrons. The van der Waals surface area contributed by atoms with E-state index in [9.17, 15) is 5.11 Å². The van der Waals surface area contributed by atoms with Crippen LogP contribution in [0.2, 0.25) is 0 Å². The standard InChI is InChI=1S/C15H30N2O/c1-12(16)14-7-4-8-17(10-14)11-15(18)9-13-5-2-3-6-13/h12-15,18H,2-11,16H2,1H3. The van der Waals surface area contributed by atoms with E-state index in [1.165, 1.54) is 38.5 Å². The first kappa shape index (κ1) is 14.3. The highest BCUT2D eigenvalue weighted by atomic mass is 16.3. The van der Waals surface area contributed by atoms with Gasteiger partial charge in [-0.15, -0.1) is 0 Å². The van der Waals surface area contributed by atoms with Crippen LogP contribution < -0.4 is 5.73 Å². The number of hydrogen-bond donors (Lipinski definition) is 2. The Hall–Kier alpha value is -0.120.